The molecular weight excluding hydrogens is 214 g/mol. The van der Waals surface area contributed by atoms with Gasteiger partial charge in [0.05, 0.1) is 27.3 Å². The summed E-state index contributed by atoms with van der Waals surface area (Å²) >= 11 is 0. The largest absolute Gasteiger partial charge is 0.599 e. The van der Waals surface area contributed by atoms with Crippen molar-refractivity contribution in [2.75, 3.05) is 40.5 Å². The van der Waals surface area contributed by atoms with E-state index in [1.54, 1.807) is 6.92 Å². The monoisotopic (exact) mass is 233 g/mol. The van der Waals surface area contributed by atoms with E-state index < -0.39 is 10.8 Å². The van der Waals surface area contributed by atoms with Crippen LogP contribution < -0.4 is 0 Å². The number of hydrogen-bond acceptors (Lipinski definition) is 5. The van der Waals surface area contributed by atoms with Crippen LogP contribution in [-0.4, -0.2) is 51.3 Å². The Labute approximate surface area is 95.5 Å². The molecule has 0 bridgehead atoms. The molecule has 0 aromatic rings. The first-order chi connectivity index (χ1) is 7.33. The molecule has 0 aromatic carbocycles. The lowest BCUT2D eigenvalue weighted by Gasteiger charge is -2.29. The number of esters is 1. The molecule has 0 saturated carbocycles. The van der Waals surface area contributed by atoms with Gasteiger partial charge in [0.25, 0.3) is 0 Å². The van der Waals surface area contributed by atoms with Gasteiger partial charge in [0.1, 0.15) is 13.2 Å². The van der Waals surface area contributed by atoms with Gasteiger partial charge >= 0.3 is 5.97 Å². The van der Waals surface area contributed by atoms with Gasteiger partial charge < -0.3 is 14.7 Å². The Bertz CT molecular complexity index is 234. The zero-order chi connectivity index (χ0) is 12.6. The van der Waals surface area contributed by atoms with Gasteiger partial charge in [-0.25, -0.2) is 14.4 Å². The third kappa shape index (κ3) is 9.60. The lowest BCUT2D eigenvalue weighted by molar-refractivity contribution is -1.04. The Kier molecular flexibility index (Phi) is 6.91. The molecule has 0 atom stereocenters. The molecule has 0 aliphatic rings. The van der Waals surface area contributed by atoms with Crippen LogP contribution in [0, 0.1) is 5.21 Å². The minimum absolute atomic E-state index is 0.168. The number of ether oxygens (including phenoxy) is 2. The maximum atomic E-state index is 10.9. The molecule has 0 aliphatic heterocycles. The van der Waals surface area contributed by atoms with E-state index in [1.807, 2.05) is 0 Å². The second kappa shape index (κ2) is 7.34. The molecule has 0 aromatic heterocycles. The molecule has 16 heavy (non-hydrogen) atoms. The molecule has 6 nitrogen and oxygen atoms in total. The summed E-state index contributed by atoms with van der Waals surface area (Å²) in [5, 5.41) is 10.9. The van der Waals surface area contributed by atoms with E-state index in [9.17, 15) is 10.0 Å². The minimum Gasteiger partial charge on any atom is -0.599 e. The average molecular weight is 233 g/mol. The standard InChI is InChI=1S/C10H19NO5/c1-9(2)10(12)15-7-5-14-6-8-16-11(3,4)13/h1,5-8H2,2-4H3. The molecule has 0 amide bonds. The summed E-state index contributed by atoms with van der Waals surface area (Å²) < 4.78 is 9.86. The normalized spacial score (nSPS) is 11.2. The predicted molar refractivity (Wildman–Crippen MR) is 58.0 cm³/mol. The van der Waals surface area contributed by atoms with Crippen LogP contribution >= 0.6 is 0 Å². The van der Waals surface area contributed by atoms with E-state index in [2.05, 4.69) is 6.58 Å². The summed E-state index contributed by atoms with van der Waals surface area (Å²) in [6.45, 7) is 5.94. The Morgan fingerprint density at radius 1 is 1.25 bits per heavy atom. The van der Waals surface area contributed by atoms with Crippen molar-refractivity contribution in [1.82, 2.24) is 0 Å². The average Bonchev–Trinajstić information content (AvgIpc) is 2.14. The Hall–Kier alpha value is -0.950. The molecule has 0 spiro atoms. The van der Waals surface area contributed by atoms with E-state index in [4.69, 9.17) is 14.3 Å². The van der Waals surface area contributed by atoms with Crippen molar-refractivity contribution >= 4 is 5.97 Å². The van der Waals surface area contributed by atoms with Crippen LogP contribution in [0.1, 0.15) is 6.92 Å². The van der Waals surface area contributed by atoms with Gasteiger partial charge in [-0.3, -0.25) is 0 Å². The maximum absolute atomic E-state index is 10.9. The lowest BCUT2D eigenvalue weighted by Crippen LogP contribution is -2.33. The SMILES string of the molecule is C=C(C)C(=O)OCCOCCO[N+](C)(C)[O-]. The number of quaternary nitrogens is 1. The van der Waals surface area contributed by atoms with Crippen LogP contribution in [0.5, 0.6) is 0 Å². The smallest absolute Gasteiger partial charge is 0.333 e. The molecule has 0 rings (SSSR count). The second-order valence-corrected chi connectivity index (χ2v) is 3.61. The highest BCUT2D eigenvalue weighted by Crippen LogP contribution is 1.94. The number of carbonyl (C=O) groups excluding carboxylic acids is 1. The highest BCUT2D eigenvalue weighted by molar-refractivity contribution is 5.86. The van der Waals surface area contributed by atoms with Crippen molar-refractivity contribution in [3.8, 4) is 0 Å². The highest BCUT2D eigenvalue weighted by Gasteiger charge is 2.03. The van der Waals surface area contributed by atoms with E-state index in [-0.39, 0.29) is 26.4 Å². The van der Waals surface area contributed by atoms with E-state index in [0.717, 1.165) is 0 Å². The predicted octanol–water partition coefficient (Wildman–Crippen LogP) is 0.628. The molecule has 0 fully saturated rings. The van der Waals surface area contributed by atoms with Crippen molar-refractivity contribution in [2.45, 2.75) is 6.92 Å². The highest BCUT2D eigenvalue weighted by atomic mass is 16.9. The van der Waals surface area contributed by atoms with Crippen molar-refractivity contribution in [2.24, 2.45) is 0 Å². The number of nitrogens with zero attached hydrogens (tertiary/aromatic N) is 1. The van der Waals surface area contributed by atoms with Crippen molar-refractivity contribution < 1.29 is 23.9 Å². The molecule has 0 heterocycles. The number of carbonyl (C=O) groups is 1. The molecule has 6 heteroatoms. The molecule has 0 unspecified atom stereocenters. The third-order valence-electron chi connectivity index (χ3n) is 1.44. The van der Waals surface area contributed by atoms with Gasteiger partial charge in [-0.05, 0) is 6.92 Å². The van der Waals surface area contributed by atoms with Crippen LogP contribution in [0.2, 0.25) is 0 Å². The fourth-order valence-corrected chi connectivity index (χ4v) is 0.735. The van der Waals surface area contributed by atoms with Crippen LogP contribution in [-0.2, 0) is 19.1 Å². The summed E-state index contributed by atoms with van der Waals surface area (Å²) in [5.41, 5.74) is 0.355. The quantitative estimate of drug-likeness (QED) is 0.202. The van der Waals surface area contributed by atoms with Gasteiger partial charge in [-0.1, -0.05) is 6.58 Å². The number of rotatable bonds is 8. The molecular formula is C10H19NO5. The van der Waals surface area contributed by atoms with Crippen LogP contribution in [0.3, 0.4) is 0 Å². The first kappa shape index (κ1) is 15.0. The van der Waals surface area contributed by atoms with Crippen LogP contribution in [0.25, 0.3) is 0 Å². The fourth-order valence-electron chi connectivity index (χ4n) is 0.735. The molecule has 0 radical (unpaired) electrons. The summed E-state index contributed by atoms with van der Waals surface area (Å²) in [6.07, 6.45) is 0. The van der Waals surface area contributed by atoms with Crippen molar-refractivity contribution in [3.05, 3.63) is 17.4 Å². The first-order valence-electron chi connectivity index (χ1n) is 4.93. The van der Waals surface area contributed by atoms with E-state index >= 15 is 0 Å². The zero-order valence-electron chi connectivity index (χ0n) is 10.0. The number of hydrogen-bond donors (Lipinski definition) is 0. The second-order valence-electron chi connectivity index (χ2n) is 3.61. The van der Waals surface area contributed by atoms with E-state index in [1.165, 1.54) is 14.1 Å². The molecule has 0 aliphatic carbocycles. The van der Waals surface area contributed by atoms with Crippen LogP contribution in [0.4, 0.5) is 0 Å². The Morgan fingerprint density at radius 2 is 1.81 bits per heavy atom. The molecule has 94 valence electrons. The maximum Gasteiger partial charge on any atom is 0.333 e. The summed E-state index contributed by atoms with van der Waals surface area (Å²) in [4.78, 5) is 14.9. The Balaban J connectivity index is 3.29. The Morgan fingerprint density at radius 3 is 2.31 bits per heavy atom. The lowest BCUT2D eigenvalue weighted by atomic mass is 10.4. The minimum atomic E-state index is -0.812. The van der Waals surface area contributed by atoms with E-state index in [0.29, 0.717) is 5.57 Å². The van der Waals surface area contributed by atoms with Gasteiger partial charge in [-0.15, -0.1) is 0 Å². The fraction of sp³-hybridized carbons (Fsp3) is 0.700. The summed E-state index contributed by atoms with van der Waals surface area (Å²) in [5.74, 6) is -0.433. The van der Waals surface area contributed by atoms with Gasteiger partial charge in [0, 0.05) is 5.57 Å². The van der Waals surface area contributed by atoms with Crippen molar-refractivity contribution in [1.29, 1.82) is 0 Å². The third-order valence-corrected chi connectivity index (χ3v) is 1.44. The molecule has 0 saturated heterocycles. The van der Waals surface area contributed by atoms with Crippen LogP contribution in [0.15, 0.2) is 12.2 Å². The zero-order valence-corrected chi connectivity index (χ0v) is 10.0. The van der Waals surface area contributed by atoms with Gasteiger partial charge in [0.15, 0.2) is 0 Å². The summed E-state index contributed by atoms with van der Waals surface area (Å²) in [6, 6.07) is 0. The first-order valence-corrected chi connectivity index (χ1v) is 4.93. The molecule has 0 N–H and O–H groups in total. The summed E-state index contributed by atoms with van der Waals surface area (Å²) in [7, 11) is 2.74. The van der Waals surface area contributed by atoms with Crippen molar-refractivity contribution in [3.63, 3.8) is 0 Å². The number of hydroxylamine groups is 4. The van der Waals surface area contributed by atoms with Gasteiger partial charge in [-0.2, -0.15) is 0 Å². The van der Waals surface area contributed by atoms with Gasteiger partial charge in [0.2, 0.25) is 0 Å². The topological polar surface area (TPSA) is 67.8 Å².